The number of rotatable bonds is 6. The van der Waals surface area contributed by atoms with Gasteiger partial charge in [-0.1, -0.05) is 0 Å². The Morgan fingerprint density at radius 2 is 1.86 bits per heavy atom. The van der Waals surface area contributed by atoms with E-state index >= 15 is 0 Å². The lowest BCUT2D eigenvalue weighted by molar-refractivity contribution is 0.279. The highest BCUT2D eigenvalue weighted by atomic mass is 16.5. The molecule has 1 aromatic rings. The maximum Gasteiger partial charge on any atom is 0.275 e. The van der Waals surface area contributed by atoms with Crippen molar-refractivity contribution in [3.63, 3.8) is 0 Å². The fourth-order valence-corrected chi connectivity index (χ4v) is 1.09. The van der Waals surface area contributed by atoms with Crippen molar-refractivity contribution in [1.82, 2.24) is 0 Å². The zero-order valence-corrected chi connectivity index (χ0v) is 7.78. The molecule has 0 unspecified atom stereocenters. The van der Waals surface area contributed by atoms with Gasteiger partial charge in [-0.2, -0.15) is 0 Å². The number of hydrogen-bond donors (Lipinski definition) is 2. The molecule has 14 heavy (non-hydrogen) atoms. The molecule has 0 saturated heterocycles. The van der Waals surface area contributed by atoms with Crippen molar-refractivity contribution in [2.45, 2.75) is 19.3 Å². The van der Waals surface area contributed by atoms with Gasteiger partial charge in [-0.15, -0.1) is 0 Å². The van der Waals surface area contributed by atoms with E-state index in [1.54, 1.807) is 0 Å². The Morgan fingerprint density at radius 3 is 2.43 bits per heavy atom. The lowest BCUT2D eigenvalue weighted by Gasteiger charge is -2.07. The molecule has 1 aromatic carbocycles. The van der Waals surface area contributed by atoms with Gasteiger partial charge in [0.15, 0.2) is 0 Å². The van der Waals surface area contributed by atoms with Crippen LogP contribution < -0.4 is 21.3 Å². The molecule has 0 amide bonds. The van der Waals surface area contributed by atoms with E-state index in [9.17, 15) is 9.59 Å². The molecule has 0 aromatic heterocycles. The van der Waals surface area contributed by atoms with Crippen LogP contribution in [-0.4, -0.2) is 18.3 Å². The highest BCUT2D eigenvalue weighted by molar-refractivity contribution is 5.44. The van der Waals surface area contributed by atoms with E-state index in [4.69, 9.17) is 15.6 Å². The molecule has 5 heteroatoms. The lowest BCUT2D eigenvalue weighted by Crippen LogP contribution is -2.31. The summed E-state index contributed by atoms with van der Waals surface area (Å²) in [6.45, 7) is 0.962. The predicted molar refractivity (Wildman–Crippen MR) is 51.4 cm³/mol. The number of unbranched alkanes of at least 4 members (excludes halogenated alkanes) is 2. The Labute approximate surface area is 80.8 Å². The van der Waals surface area contributed by atoms with Gasteiger partial charge in [-0.05, 0) is 25.8 Å². The SMILES string of the molecule is NCCCCCOc1c(O)c(=O)c1=O. The summed E-state index contributed by atoms with van der Waals surface area (Å²) >= 11 is 0. The molecule has 0 aliphatic carbocycles. The second-order valence-corrected chi connectivity index (χ2v) is 3.03. The van der Waals surface area contributed by atoms with Crippen molar-refractivity contribution in [3.8, 4) is 11.5 Å². The van der Waals surface area contributed by atoms with Crippen LogP contribution in [0.1, 0.15) is 19.3 Å². The molecule has 0 atom stereocenters. The van der Waals surface area contributed by atoms with Crippen LogP contribution in [0.5, 0.6) is 11.5 Å². The van der Waals surface area contributed by atoms with E-state index in [1.165, 1.54) is 0 Å². The molecule has 0 heterocycles. The first-order valence-electron chi connectivity index (χ1n) is 4.53. The Balaban J connectivity index is 2.27. The van der Waals surface area contributed by atoms with E-state index in [0.717, 1.165) is 19.3 Å². The molecule has 0 radical (unpaired) electrons. The van der Waals surface area contributed by atoms with Crippen LogP contribution in [-0.2, 0) is 0 Å². The van der Waals surface area contributed by atoms with Gasteiger partial charge >= 0.3 is 0 Å². The van der Waals surface area contributed by atoms with Gasteiger partial charge in [0.05, 0.1) is 6.61 Å². The summed E-state index contributed by atoms with van der Waals surface area (Å²) in [7, 11) is 0. The van der Waals surface area contributed by atoms with Crippen molar-refractivity contribution in [1.29, 1.82) is 0 Å². The highest BCUT2D eigenvalue weighted by Crippen LogP contribution is 2.17. The van der Waals surface area contributed by atoms with Crippen LogP contribution in [0, 0.1) is 0 Å². The molecule has 3 N–H and O–H groups in total. The van der Waals surface area contributed by atoms with Gasteiger partial charge in [-0.25, -0.2) is 0 Å². The van der Waals surface area contributed by atoms with E-state index in [-0.39, 0.29) is 5.75 Å². The second kappa shape index (κ2) is 4.76. The molecule has 0 bridgehead atoms. The Morgan fingerprint density at radius 1 is 1.14 bits per heavy atom. The highest BCUT2D eigenvalue weighted by Gasteiger charge is 2.21. The molecule has 0 spiro atoms. The first-order valence-corrected chi connectivity index (χ1v) is 4.53. The quantitative estimate of drug-likeness (QED) is 0.476. The summed E-state index contributed by atoms with van der Waals surface area (Å²) in [5.41, 5.74) is 3.69. The van der Waals surface area contributed by atoms with Crippen LogP contribution in [0.4, 0.5) is 0 Å². The van der Waals surface area contributed by atoms with Gasteiger partial charge in [-0.3, -0.25) is 9.59 Å². The van der Waals surface area contributed by atoms with Gasteiger partial charge in [0.25, 0.3) is 10.9 Å². The zero-order valence-electron chi connectivity index (χ0n) is 7.78. The van der Waals surface area contributed by atoms with Gasteiger partial charge in [0, 0.05) is 0 Å². The summed E-state index contributed by atoms with van der Waals surface area (Å²) in [4.78, 5) is 21.3. The monoisotopic (exact) mass is 199 g/mol. The van der Waals surface area contributed by atoms with Gasteiger partial charge < -0.3 is 15.6 Å². The standard InChI is InChI=1S/C9H13NO4/c10-4-2-1-3-5-14-9-7(12)6(11)8(9)13/h12H,1-5,10H2. The Bertz CT molecular complexity index is 365. The molecule has 1 rings (SSSR count). The first kappa shape index (κ1) is 10.7. The van der Waals surface area contributed by atoms with E-state index in [2.05, 4.69) is 0 Å². The topological polar surface area (TPSA) is 89.6 Å². The third-order valence-corrected chi connectivity index (χ3v) is 1.94. The van der Waals surface area contributed by atoms with Crippen molar-refractivity contribution in [2.75, 3.05) is 13.2 Å². The smallest absolute Gasteiger partial charge is 0.275 e. The van der Waals surface area contributed by atoms with Crippen LogP contribution in [0.2, 0.25) is 0 Å². The third-order valence-electron chi connectivity index (χ3n) is 1.94. The fourth-order valence-electron chi connectivity index (χ4n) is 1.09. The maximum absolute atomic E-state index is 10.8. The normalized spacial score (nSPS) is 10.6. The summed E-state index contributed by atoms with van der Waals surface area (Å²) in [5, 5.41) is 8.91. The number of nitrogens with two attached hydrogens (primary N) is 1. The van der Waals surface area contributed by atoms with Gasteiger partial charge in [0.1, 0.15) is 0 Å². The van der Waals surface area contributed by atoms with Crippen LogP contribution in [0.15, 0.2) is 9.59 Å². The minimum Gasteiger partial charge on any atom is -0.501 e. The van der Waals surface area contributed by atoms with E-state index < -0.39 is 16.6 Å². The Kier molecular flexibility index (Phi) is 3.64. The summed E-state index contributed by atoms with van der Waals surface area (Å²) in [6, 6.07) is 0. The lowest BCUT2D eigenvalue weighted by atomic mass is 10.2. The summed E-state index contributed by atoms with van der Waals surface area (Å²) in [5.74, 6) is -0.739. The Hall–Kier alpha value is -1.36. The predicted octanol–water partition coefficient (Wildman–Crippen LogP) is -0.504. The van der Waals surface area contributed by atoms with Crippen LogP contribution in [0.25, 0.3) is 0 Å². The average molecular weight is 199 g/mol. The van der Waals surface area contributed by atoms with Crippen molar-refractivity contribution < 1.29 is 9.84 Å². The van der Waals surface area contributed by atoms with Crippen molar-refractivity contribution >= 4 is 0 Å². The average Bonchev–Trinajstić information content (AvgIpc) is 2.22. The third kappa shape index (κ3) is 2.11. The van der Waals surface area contributed by atoms with Crippen LogP contribution in [0.3, 0.4) is 0 Å². The minimum absolute atomic E-state index is 0.192. The number of aromatic hydroxyl groups is 1. The van der Waals surface area contributed by atoms with Crippen LogP contribution >= 0.6 is 0 Å². The minimum atomic E-state index is -0.859. The molecular weight excluding hydrogens is 186 g/mol. The first-order chi connectivity index (χ1) is 6.68. The maximum atomic E-state index is 10.8. The van der Waals surface area contributed by atoms with E-state index in [0.29, 0.717) is 13.2 Å². The van der Waals surface area contributed by atoms with E-state index in [1.807, 2.05) is 0 Å². The molecule has 0 aliphatic rings. The summed E-state index contributed by atoms with van der Waals surface area (Å²) < 4.78 is 4.94. The molecule has 78 valence electrons. The molecule has 0 aliphatic heterocycles. The fraction of sp³-hybridized carbons (Fsp3) is 0.556. The second-order valence-electron chi connectivity index (χ2n) is 3.03. The molecule has 0 fully saturated rings. The summed E-state index contributed by atoms with van der Waals surface area (Å²) in [6.07, 6.45) is 2.57. The van der Waals surface area contributed by atoms with Crippen molar-refractivity contribution in [2.24, 2.45) is 5.73 Å². The molecule has 5 nitrogen and oxygen atoms in total. The number of ether oxygens (including phenoxy) is 1. The molecule has 0 saturated carbocycles. The largest absolute Gasteiger partial charge is 0.501 e. The number of hydrogen-bond acceptors (Lipinski definition) is 5. The van der Waals surface area contributed by atoms with Crippen molar-refractivity contribution in [3.05, 3.63) is 20.4 Å². The molecular formula is C9H13NO4. The zero-order chi connectivity index (χ0) is 10.6. The van der Waals surface area contributed by atoms with Gasteiger partial charge in [0.2, 0.25) is 11.5 Å².